The molecule has 0 radical (unpaired) electrons. The van der Waals surface area contributed by atoms with Crippen LogP contribution in [0.1, 0.15) is 31.5 Å². The van der Waals surface area contributed by atoms with E-state index in [0.29, 0.717) is 0 Å². The van der Waals surface area contributed by atoms with Gasteiger partial charge in [-0.1, -0.05) is 12.8 Å². The minimum absolute atomic E-state index is 0.199. The maximum absolute atomic E-state index is 6.14. The fraction of sp³-hybridized carbons (Fsp3) is 0.583. The van der Waals surface area contributed by atoms with Crippen molar-refractivity contribution < 1.29 is 0 Å². The van der Waals surface area contributed by atoms with E-state index in [9.17, 15) is 0 Å². The van der Waals surface area contributed by atoms with E-state index in [1.54, 1.807) is 6.20 Å². The second-order valence-corrected chi connectivity index (χ2v) is 4.92. The van der Waals surface area contributed by atoms with Crippen LogP contribution in [0.5, 0.6) is 0 Å². The Morgan fingerprint density at radius 1 is 1.33 bits per heavy atom. The van der Waals surface area contributed by atoms with Gasteiger partial charge in [0.2, 0.25) is 5.65 Å². The molecule has 2 aromatic rings. The Labute approximate surface area is 106 Å². The molecule has 0 unspecified atom stereocenters. The van der Waals surface area contributed by atoms with Crippen molar-refractivity contribution in [2.75, 3.05) is 5.32 Å². The van der Waals surface area contributed by atoms with Gasteiger partial charge in [-0.05, 0) is 19.8 Å². The predicted molar refractivity (Wildman–Crippen MR) is 69.4 cm³/mol. The molecular weight excluding hydrogens is 228 g/mol. The Morgan fingerprint density at radius 3 is 3.00 bits per heavy atom. The summed E-state index contributed by atoms with van der Waals surface area (Å²) in [5.41, 5.74) is 6.91. The summed E-state index contributed by atoms with van der Waals surface area (Å²) in [5.74, 6) is 1.64. The summed E-state index contributed by atoms with van der Waals surface area (Å²) in [7, 11) is 0. The molecule has 18 heavy (non-hydrogen) atoms. The molecule has 0 aromatic carbocycles. The Balaban J connectivity index is 1.90. The number of aromatic nitrogens is 4. The quantitative estimate of drug-likeness (QED) is 0.829. The zero-order chi connectivity index (χ0) is 12.5. The first kappa shape index (κ1) is 11.4. The van der Waals surface area contributed by atoms with Crippen molar-refractivity contribution in [3.05, 3.63) is 18.2 Å². The predicted octanol–water partition coefficient (Wildman–Crippen LogP) is 1.11. The summed E-state index contributed by atoms with van der Waals surface area (Å²) in [4.78, 5) is 4.36. The molecule has 2 aromatic heterocycles. The average Bonchev–Trinajstić information content (AvgIpc) is 2.76. The molecule has 2 atom stereocenters. The van der Waals surface area contributed by atoms with Crippen molar-refractivity contribution >= 4 is 11.5 Å². The van der Waals surface area contributed by atoms with Gasteiger partial charge in [-0.25, -0.2) is 4.98 Å². The first-order valence-electron chi connectivity index (χ1n) is 6.44. The minimum atomic E-state index is 0.199. The van der Waals surface area contributed by atoms with E-state index < -0.39 is 0 Å². The van der Waals surface area contributed by atoms with Gasteiger partial charge < -0.3 is 11.1 Å². The van der Waals surface area contributed by atoms with Crippen LogP contribution in [-0.4, -0.2) is 31.7 Å². The van der Waals surface area contributed by atoms with Crippen LogP contribution >= 0.6 is 0 Å². The molecule has 1 aliphatic carbocycles. The first-order valence-corrected chi connectivity index (χ1v) is 6.44. The summed E-state index contributed by atoms with van der Waals surface area (Å²) in [6, 6.07) is 0.485. The number of nitrogens with two attached hydrogens (primary N) is 1. The third-order valence-corrected chi connectivity index (χ3v) is 3.64. The van der Waals surface area contributed by atoms with E-state index in [1.165, 1.54) is 12.8 Å². The van der Waals surface area contributed by atoms with Crippen molar-refractivity contribution in [2.24, 2.45) is 5.73 Å². The highest BCUT2D eigenvalue weighted by molar-refractivity contribution is 5.62. The van der Waals surface area contributed by atoms with Gasteiger partial charge in [0.25, 0.3) is 0 Å². The molecule has 2 heterocycles. The van der Waals surface area contributed by atoms with Crippen molar-refractivity contribution in [2.45, 2.75) is 44.7 Å². The molecule has 3 rings (SSSR count). The maximum Gasteiger partial charge on any atom is 0.203 e. The molecule has 1 aliphatic rings. The van der Waals surface area contributed by atoms with Gasteiger partial charge in [0.1, 0.15) is 5.82 Å². The van der Waals surface area contributed by atoms with E-state index >= 15 is 0 Å². The van der Waals surface area contributed by atoms with Crippen LogP contribution in [0.2, 0.25) is 0 Å². The Morgan fingerprint density at radius 2 is 2.17 bits per heavy atom. The van der Waals surface area contributed by atoms with Crippen LogP contribution in [0.4, 0.5) is 5.82 Å². The Bertz CT molecular complexity index is 548. The molecule has 6 heteroatoms. The Hall–Kier alpha value is -1.69. The second kappa shape index (κ2) is 4.53. The molecule has 0 aliphatic heterocycles. The Kier molecular flexibility index (Phi) is 2.87. The SMILES string of the molecule is Cc1nnc2c(N[C@@H]3CCCC[C@H]3N)nccn12. The molecule has 0 amide bonds. The highest BCUT2D eigenvalue weighted by Gasteiger charge is 2.23. The summed E-state index contributed by atoms with van der Waals surface area (Å²) < 4.78 is 1.93. The summed E-state index contributed by atoms with van der Waals surface area (Å²) in [5, 5.41) is 11.7. The van der Waals surface area contributed by atoms with Crippen LogP contribution < -0.4 is 11.1 Å². The lowest BCUT2D eigenvalue weighted by Crippen LogP contribution is -2.42. The average molecular weight is 246 g/mol. The number of rotatable bonds is 2. The molecule has 0 saturated heterocycles. The van der Waals surface area contributed by atoms with Crippen molar-refractivity contribution in [1.29, 1.82) is 0 Å². The van der Waals surface area contributed by atoms with Crippen LogP contribution in [-0.2, 0) is 0 Å². The molecule has 1 saturated carbocycles. The first-order chi connectivity index (χ1) is 8.75. The van der Waals surface area contributed by atoms with Crippen molar-refractivity contribution in [1.82, 2.24) is 19.6 Å². The zero-order valence-electron chi connectivity index (χ0n) is 10.5. The zero-order valence-corrected chi connectivity index (χ0v) is 10.5. The van der Waals surface area contributed by atoms with Gasteiger partial charge in [0, 0.05) is 24.5 Å². The van der Waals surface area contributed by atoms with Crippen molar-refractivity contribution in [3.8, 4) is 0 Å². The van der Waals surface area contributed by atoms with Crippen LogP contribution in [0.15, 0.2) is 12.4 Å². The lowest BCUT2D eigenvalue weighted by Gasteiger charge is -2.29. The number of hydrogen-bond acceptors (Lipinski definition) is 5. The highest BCUT2D eigenvalue weighted by atomic mass is 15.3. The molecule has 3 N–H and O–H groups in total. The monoisotopic (exact) mass is 246 g/mol. The normalized spacial score (nSPS) is 24.3. The number of nitrogens with zero attached hydrogens (tertiary/aromatic N) is 4. The molecular formula is C12H18N6. The molecule has 1 fully saturated rings. The van der Waals surface area contributed by atoms with Crippen LogP contribution in [0, 0.1) is 6.92 Å². The lowest BCUT2D eigenvalue weighted by molar-refractivity contribution is 0.403. The highest BCUT2D eigenvalue weighted by Crippen LogP contribution is 2.21. The number of hydrogen-bond donors (Lipinski definition) is 2. The van der Waals surface area contributed by atoms with Crippen LogP contribution in [0.3, 0.4) is 0 Å². The van der Waals surface area contributed by atoms with Crippen LogP contribution in [0.25, 0.3) is 5.65 Å². The van der Waals surface area contributed by atoms with E-state index in [1.807, 2.05) is 17.5 Å². The maximum atomic E-state index is 6.14. The van der Waals surface area contributed by atoms with E-state index in [4.69, 9.17) is 5.73 Å². The summed E-state index contributed by atoms with van der Waals surface area (Å²) in [6.07, 6.45) is 8.25. The number of aryl methyl sites for hydroxylation is 1. The van der Waals surface area contributed by atoms with E-state index in [2.05, 4.69) is 20.5 Å². The van der Waals surface area contributed by atoms with E-state index in [0.717, 1.165) is 30.1 Å². The number of fused-ring (bicyclic) bond motifs is 1. The third-order valence-electron chi connectivity index (χ3n) is 3.64. The minimum Gasteiger partial charge on any atom is -0.363 e. The summed E-state index contributed by atoms with van der Waals surface area (Å²) in [6.45, 7) is 1.93. The van der Waals surface area contributed by atoms with Gasteiger partial charge in [0.05, 0.1) is 0 Å². The van der Waals surface area contributed by atoms with Gasteiger partial charge in [0.15, 0.2) is 5.82 Å². The van der Waals surface area contributed by atoms with Gasteiger partial charge in [-0.2, -0.15) is 0 Å². The second-order valence-electron chi connectivity index (χ2n) is 4.92. The van der Waals surface area contributed by atoms with Gasteiger partial charge in [-0.3, -0.25) is 4.40 Å². The summed E-state index contributed by atoms with van der Waals surface area (Å²) >= 11 is 0. The number of anilines is 1. The van der Waals surface area contributed by atoms with Gasteiger partial charge >= 0.3 is 0 Å². The molecule has 6 nitrogen and oxygen atoms in total. The number of nitrogens with one attached hydrogen (secondary N) is 1. The topological polar surface area (TPSA) is 81.1 Å². The fourth-order valence-corrected chi connectivity index (χ4v) is 2.56. The molecule has 0 spiro atoms. The largest absolute Gasteiger partial charge is 0.363 e. The molecule has 96 valence electrons. The fourth-order valence-electron chi connectivity index (χ4n) is 2.56. The van der Waals surface area contributed by atoms with Crippen molar-refractivity contribution in [3.63, 3.8) is 0 Å². The lowest BCUT2D eigenvalue weighted by atomic mass is 9.91. The third kappa shape index (κ3) is 1.92. The van der Waals surface area contributed by atoms with Gasteiger partial charge in [-0.15, -0.1) is 10.2 Å². The standard InChI is InChI=1S/C12H18N6/c1-8-16-17-12-11(14-6-7-18(8)12)15-10-5-3-2-4-9(10)13/h6-7,9-10H,2-5,13H2,1H3,(H,14,15)/t9-,10-/m1/s1. The molecule has 0 bridgehead atoms. The van der Waals surface area contributed by atoms with E-state index in [-0.39, 0.29) is 12.1 Å². The smallest absolute Gasteiger partial charge is 0.203 e.